The van der Waals surface area contributed by atoms with Gasteiger partial charge in [-0.1, -0.05) is 0 Å². The summed E-state index contributed by atoms with van der Waals surface area (Å²) in [4.78, 5) is 13.6. The first-order valence-corrected chi connectivity index (χ1v) is 9.36. The van der Waals surface area contributed by atoms with Crippen LogP contribution in [0.5, 0.6) is 5.75 Å². The molecule has 144 valence electrons. The normalized spacial score (nSPS) is 23.9. The van der Waals surface area contributed by atoms with Crippen LogP contribution < -0.4 is 4.74 Å². The van der Waals surface area contributed by atoms with Gasteiger partial charge >= 0.3 is 5.97 Å². The Morgan fingerprint density at radius 1 is 1.27 bits per heavy atom. The fourth-order valence-corrected chi connectivity index (χ4v) is 4.28. The number of likely N-dealkylation sites (tertiary alicyclic amines) is 1. The summed E-state index contributed by atoms with van der Waals surface area (Å²) >= 11 is 0. The Labute approximate surface area is 153 Å². The second kappa shape index (κ2) is 7.91. The lowest BCUT2D eigenvalue weighted by Gasteiger charge is -2.31. The Bertz CT molecular complexity index is 640. The maximum absolute atomic E-state index is 13.3. The molecule has 1 saturated heterocycles. The van der Waals surface area contributed by atoms with Gasteiger partial charge in [-0.05, 0) is 67.8 Å². The van der Waals surface area contributed by atoms with Crippen molar-refractivity contribution in [2.24, 2.45) is 11.8 Å². The van der Waals surface area contributed by atoms with E-state index in [9.17, 15) is 18.7 Å². The Morgan fingerprint density at radius 2 is 2.00 bits per heavy atom. The molecule has 0 radical (unpaired) electrons. The molecule has 26 heavy (non-hydrogen) atoms. The van der Waals surface area contributed by atoms with Gasteiger partial charge in [0, 0.05) is 25.9 Å². The molecule has 2 aliphatic rings. The fourth-order valence-electron chi connectivity index (χ4n) is 4.28. The minimum Gasteiger partial charge on any atom is -0.496 e. The van der Waals surface area contributed by atoms with Gasteiger partial charge in [0.05, 0.1) is 12.7 Å². The van der Waals surface area contributed by atoms with Crippen molar-refractivity contribution in [2.45, 2.75) is 44.4 Å². The Balaban J connectivity index is 1.55. The van der Waals surface area contributed by atoms with Crippen LogP contribution >= 0.6 is 0 Å². The van der Waals surface area contributed by atoms with Crippen LogP contribution in [0.2, 0.25) is 0 Å². The number of hydrogen-bond acceptors (Lipinski definition) is 3. The second-order valence-corrected chi connectivity index (χ2v) is 7.75. The third-order valence-electron chi connectivity index (χ3n) is 5.76. The highest BCUT2D eigenvalue weighted by atomic mass is 19.3. The zero-order valence-corrected chi connectivity index (χ0v) is 15.2. The molecule has 1 aliphatic carbocycles. The number of hydrogen-bond donors (Lipinski definition) is 1. The van der Waals surface area contributed by atoms with Crippen molar-refractivity contribution in [3.63, 3.8) is 0 Å². The summed E-state index contributed by atoms with van der Waals surface area (Å²) in [5, 5.41) is 9.19. The van der Waals surface area contributed by atoms with E-state index in [-0.39, 0.29) is 18.4 Å². The number of nitrogens with zero attached hydrogens (tertiary/aromatic N) is 1. The lowest BCUT2D eigenvalue weighted by molar-refractivity contribution is -0.0483. The average Bonchev–Trinajstić information content (AvgIpc) is 3.03. The third-order valence-corrected chi connectivity index (χ3v) is 5.76. The molecule has 0 aromatic heterocycles. The van der Waals surface area contributed by atoms with Gasteiger partial charge in [-0.15, -0.1) is 0 Å². The molecule has 1 saturated carbocycles. The molecule has 3 rings (SSSR count). The molecule has 0 bridgehead atoms. The van der Waals surface area contributed by atoms with Crippen molar-refractivity contribution in [3.05, 3.63) is 29.3 Å². The molecule has 1 heterocycles. The fraction of sp³-hybridized carbons (Fsp3) is 0.650. The third kappa shape index (κ3) is 4.72. The summed E-state index contributed by atoms with van der Waals surface area (Å²) in [6.07, 6.45) is 3.10. The zero-order valence-electron chi connectivity index (χ0n) is 15.2. The van der Waals surface area contributed by atoms with Gasteiger partial charge in [-0.25, -0.2) is 13.6 Å². The van der Waals surface area contributed by atoms with Crippen molar-refractivity contribution in [3.8, 4) is 5.75 Å². The first-order chi connectivity index (χ1) is 12.4. The maximum Gasteiger partial charge on any atom is 0.335 e. The molecule has 1 aliphatic heterocycles. The van der Waals surface area contributed by atoms with Gasteiger partial charge in [0.2, 0.25) is 5.92 Å². The summed E-state index contributed by atoms with van der Waals surface area (Å²) in [6, 6.07) is 4.98. The van der Waals surface area contributed by atoms with Crippen LogP contribution in [-0.4, -0.2) is 48.6 Å². The van der Waals surface area contributed by atoms with E-state index in [0.717, 1.165) is 43.8 Å². The molecule has 0 spiro atoms. The van der Waals surface area contributed by atoms with E-state index in [2.05, 4.69) is 4.90 Å². The average molecular weight is 367 g/mol. The van der Waals surface area contributed by atoms with Crippen LogP contribution in [-0.2, 0) is 6.42 Å². The summed E-state index contributed by atoms with van der Waals surface area (Å²) in [5.74, 6) is -1.86. The molecule has 1 atom stereocenters. The monoisotopic (exact) mass is 367 g/mol. The number of benzene rings is 1. The summed E-state index contributed by atoms with van der Waals surface area (Å²) < 4.78 is 32.0. The molecule has 1 unspecified atom stereocenters. The van der Waals surface area contributed by atoms with Crippen molar-refractivity contribution < 1.29 is 23.4 Å². The Kier molecular flexibility index (Phi) is 5.80. The van der Waals surface area contributed by atoms with E-state index < -0.39 is 11.9 Å². The van der Waals surface area contributed by atoms with E-state index in [0.29, 0.717) is 24.7 Å². The zero-order chi connectivity index (χ0) is 18.7. The highest BCUT2D eigenvalue weighted by Gasteiger charge is 2.36. The molecule has 2 fully saturated rings. The van der Waals surface area contributed by atoms with Crippen molar-refractivity contribution in [1.82, 2.24) is 4.90 Å². The molecular weight excluding hydrogens is 340 g/mol. The first-order valence-electron chi connectivity index (χ1n) is 9.36. The van der Waals surface area contributed by atoms with Crippen molar-refractivity contribution in [2.75, 3.05) is 26.7 Å². The van der Waals surface area contributed by atoms with Gasteiger partial charge in [0.15, 0.2) is 0 Å². The van der Waals surface area contributed by atoms with E-state index in [1.54, 1.807) is 25.3 Å². The summed E-state index contributed by atoms with van der Waals surface area (Å²) in [7, 11) is 1.60. The molecule has 6 heteroatoms. The van der Waals surface area contributed by atoms with Gasteiger partial charge in [-0.3, -0.25) is 0 Å². The van der Waals surface area contributed by atoms with Crippen molar-refractivity contribution >= 4 is 5.97 Å². The first kappa shape index (κ1) is 19.1. The Hall–Kier alpha value is -1.69. The number of methoxy groups -OCH3 is 1. The van der Waals surface area contributed by atoms with Gasteiger partial charge in [-0.2, -0.15) is 0 Å². The van der Waals surface area contributed by atoms with Crippen LogP contribution in [0.25, 0.3) is 0 Å². The lowest BCUT2D eigenvalue weighted by atomic mass is 9.86. The SMILES string of the molecule is COc1ccc(C(=O)O)cc1CC1CCN(CC2CCC(F)(F)CC2)C1. The minimum atomic E-state index is -2.46. The van der Waals surface area contributed by atoms with Gasteiger partial charge < -0.3 is 14.7 Å². The standard InChI is InChI=1S/C20H27F2NO3/c1-26-18-3-2-16(19(24)25)11-17(18)10-15-6-9-23(13-15)12-14-4-7-20(21,22)8-5-14/h2-3,11,14-15H,4-10,12-13H2,1H3,(H,24,25). The summed E-state index contributed by atoms with van der Waals surface area (Å²) in [5.41, 5.74) is 1.20. The number of carbonyl (C=O) groups is 1. The highest BCUT2D eigenvalue weighted by Crippen LogP contribution is 2.37. The molecule has 4 nitrogen and oxygen atoms in total. The second-order valence-electron chi connectivity index (χ2n) is 7.75. The summed E-state index contributed by atoms with van der Waals surface area (Å²) in [6.45, 7) is 2.82. The topological polar surface area (TPSA) is 49.8 Å². The van der Waals surface area contributed by atoms with Gasteiger partial charge in [0.1, 0.15) is 5.75 Å². The quantitative estimate of drug-likeness (QED) is 0.823. The van der Waals surface area contributed by atoms with Crippen LogP contribution in [0.15, 0.2) is 18.2 Å². The largest absolute Gasteiger partial charge is 0.496 e. The minimum absolute atomic E-state index is 0.0219. The Morgan fingerprint density at radius 3 is 2.65 bits per heavy atom. The molecule has 1 N–H and O–H groups in total. The van der Waals surface area contributed by atoms with Crippen LogP contribution in [0.4, 0.5) is 8.78 Å². The van der Waals surface area contributed by atoms with Crippen LogP contribution in [0.3, 0.4) is 0 Å². The highest BCUT2D eigenvalue weighted by molar-refractivity contribution is 5.88. The van der Waals surface area contributed by atoms with Crippen LogP contribution in [0.1, 0.15) is 48.0 Å². The predicted octanol–water partition coefficient (Wildman–Crippen LogP) is 4.08. The van der Waals surface area contributed by atoms with Gasteiger partial charge in [0.25, 0.3) is 0 Å². The number of rotatable bonds is 6. The molecule has 0 amide bonds. The number of aromatic carboxylic acids is 1. The van der Waals surface area contributed by atoms with E-state index >= 15 is 0 Å². The molecule has 1 aromatic carbocycles. The predicted molar refractivity (Wildman–Crippen MR) is 95.1 cm³/mol. The number of alkyl halides is 2. The molecule has 1 aromatic rings. The number of ether oxygens (including phenoxy) is 1. The van der Waals surface area contributed by atoms with E-state index in [4.69, 9.17) is 4.74 Å². The lowest BCUT2D eigenvalue weighted by Crippen LogP contribution is -2.33. The number of halogens is 2. The van der Waals surface area contributed by atoms with Crippen molar-refractivity contribution in [1.29, 1.82) is 0 Å². The number of carboxylic acids is 1. The smallest absolute Gasteiger partial charge is 0.335 e. The van der Waals surface area contributed by atoms with Crippen LogP contribution in [0, 0.1) is 11.8 Å². The van der Waals surface area contributed by atoms with E-state index in [1.807, 2.05) is 0 Å². The van der Waals surface area contributed by atoms with E-state index in [1.165, 1.54) is 0 Å². The maximum atomic E-state index is 13.3. The number of carboxylic acid groups (broad SMARTS) is 1. The molecular formula is C20H27F2NO3.